The Morgan fingerprint density at radius 1 is 1.20 bits per heavy atom. The fraction of sp³-hybridized carbons (Fsp3) is 0.750. The minimum Gasteiger partial charge on any atom is -0.467 e. The van der Waals surface area contributed by atoms with Crippen LogP contribution in [0.1, 0.15) is 19.3 Å². The smallest absolute Gasteiger partial charge is 0.407 e. The van der Waals surface area contributed by atoms with E-state index in [2.05, 4.69) is 19.5 Å². The third-order valence-corrected chi connectivity index (χ3v) is 3.09. The highest BCUT2D eigenvalue weighted by Gasteiger charge is 2.52. The second kappa shape index (κ2) is 7.09. The second-order valence-electron chi connectivity index (χ2n) is 4.38. The van der Waals surface area contributed by atoms with Gasteiger partial charge in [0.25, 0.3) is 0 Å². The Hall–Kier alpha value is -1.83. The molecule has 1 fully saturated rings. The molecular formula is C12H19NO7. The molecule has 8 nitrogen and oxygen atoms in total. The molecule has 0 spiro atoms. The molecule has 1 rings (SSSR count). The van der Waals surface area contributed by atoms with Gasteiger partial charge in [-0.25, -0.2) is 14.4 Å². The number of hydrogen-bond acceptors (Lipinski definition) is 7. The molecule has 0 aromatic rings. The Bertz CT molecular complexity index is 378. The lowest BCUT2D eigenvalue weighted by Crippen LogP contribution is -2.41. The fourth-order valence-electron chi connectivity index (χ4n) is 1.82. The summed E-state index contributed by atoms with van der Waals surface area (Å²) in [5.41, 5.74) is -0.888. The van der Waals surface area contributed by atoms with Crippen LogP contribution in [0.15, 0.2) is 0 Å². The van der Waals surface area contributed by atoms with Crippen LogP contribution >= 0.6 is 0 Å². The van der Waals surface area contributed by atoms with E-state index in [0.717, 1.165) is 0 Å². The van der Waals surface area contributed by atoms with E-state index in [1.54, 1.807) is 0 Å². The van der Waals surface area contributed by atoms with Gasteiger partial charge in [0.2, 0.25) is 0 Å². The summed E-state index contributed by atoms with van der Waals surface area (Å²) in [5.74, 6) is -0.993. The summed E-state index contributed by atoms with van der Waals surface area (Å²) in [6, 6.07) is -0.819. The number of esters is 2. The Morgan fingerprint density at radius 3 is 2.30 bits per heavy atom. The van der Waals surface area contributed by atoms with E-state index < -0.39 is 29.7 Å². The predicted molar refractivity (Wildman–Crippen MR) is 65.9 cm³/mol. The summed E-state index contributed by atoms with van der Waals surface area (Å²) in [4.78, 5) is 34.1. The Kier molecular flexibility index (Phi) is 5.75. The number of rotatable bonds is 7. The number of carbonyl (C=O) groups is 3. The van der Waals surface area contributed by atoms with E-state index in [0.29, 0.717) is 25.9 Å². The number of methoxy groups -OCH3 is 3. The van der Waals surface area contributed by atoms with Crippen molar-refractivity contribution in [1.29, 1.82) is 0 Å². The Balaban J connectivity index is 2.44. The molecule has 0 saturated carbocycles. The van der Waals surface area contributed by atoms with Gasteiger partial charge in [-0.05, 0) is 19.3 Å². The normalized spacial score (nSPS) is 21.6. The van der Waals surface area contributed by atoms with Crippen molar-refractivity contribution in [2.45, 2.75) is 30.9 Å². The molecule has 0 aromatic carbocycles. The second-order valence-corrected chi connectivity index (χ2v) is 4.38. The standard InChI is InChI=1S/C12H19NO7/c1-17-9(14)8(13-11(16)19-3)5-4-6-12(7-20-12)10(15)18-2/h8H,4-7H2,1-3H3,(H,13,16). The van der Waals surface area contributed by atoms with Crippen LogP contribution in [-0.4, -0.2) is 57.6 Å². The molecule has 1 aliphatic heterocycles. The summed E-state index contributed by atoms with van der Waals surface area (Å²) >= 11 is 0. The summed E-state index contributed by atoms with van der Waals surface area (Å²) in [6.45, 7) is 0.312. The first kappa shape index (κ1) is 16.2. The summed E-state index contributed by atoms with van der Waals surface area (Å²) in [5, 5.41) is 2.37. The first-order chi connectivity index (χ1) is 9.49. The maximum atomic E-state index is 11.5. The van der Waals surface area contributed by atoms with Crippen LogP contribution in [0.2, 0.25) is 0 Å². The first-order valence-electron chi connectivity index (χ1n) is 6.13. The number of hydrogen-bond donors (Lipinski definition) is 1. The summed E-state index contributed by atoms with van der Waals surface area (Å²) < 4.78 is 18.8. The SMILES string of the molecule is COC(=O)NC(CCCC1(C(=O)OC)CO1)C(=O)OC. The zero-order valence-electron chi connectivity index (χ0n) is 11.8. The maximum absolute atomic E-state index is 11.5. The van der Waals surface area contributed by atoms with E-state index in [1.807, 2.05) is 0 Å². The average Bonchev–Trinajstić information content (AvgIpc) is 3.25. The van der Waals surface area contributed by atoms with Crippen LogP contribution < -0.4 is 5.32 Å². The van der Waals surface area contributed by atoms with Crippen molar-refractivity contribution in [2.75, 3.05) is 27.9 Å². The van der Waals surface area contributed by atoms with Gasteiger partial charge >= 0.3 is 18.0 Å². The van der Waals surface area contributed by atoms with Gasteiger partial charge in [0.1, 0.15) is 6.04 Å². The third kappa shape index (κ3) is 4.09. The van der Waals surface area contributed by atoms with Crippen molar-refractivity contribution in [3.63, 3.8) is 0 Å². The number of epoxide rings is 1. The molecule has 0 radical (unpaired) electrons. The highest BCUT2D eigenvalue weighted by atomic mass is 16.6. The summed E-state index contributed by atoms with van der Waals surface area (Å²) in [6.07, 6.45) is 0.490. The molecule has 1 N–H and O–H groups in total. The molecule has 114 valence electrons. The lowest BCUT2D eigenvalue weighted by molar-refractivity contribution is -0.147. The molecule has 0 aromatic heterocycles. The van der Waals surface area contributed by atoms with Crippen LogP contribution in [-0.2, 0) is 28.5 Å². The van der Waals surface area contributed by atoms with Crippen molar-refractivity contribution in [2.24, 2.45) is 0 Å². The van der Waals surface area contributed by atoms with Crippen LogP contribution in [0, 0.1) is 0 Å². The third-order valence-electron chi connectivity index (χ3n) is 3.09. The van der Waals surface area contributed by atoms with Gasteiger partial charge in [0, 0.05) is 0 Å². The number of nitrogens with one attached hydrogen (secondary N) is 1. The molecule has 8 heteroatoms. The van der Waals surface area contributed by atoms with Gasteiger partial charge in [0.15, 0.2) is 5.60 Å². The van der Waals surface area contributed by atoms with Crippen LogP contribution in [0.5, 0.6) is 0 Å². The molecule has 2 atom stereocenters. The lowest BCUT2D eigenvalue weighted by atomic mass is 10.0. The molecule has 1 aliphatic rings. The monoisotopic (exact) mass is 289 g/mol. The lowest BCUT2D eigenvalue weighted by Gasteiger charge is -2.16. The Labute approximate surface area is 116 Å². The fourth-order valence-corrected chi connectivity index (χ4v) is 1.82. The van der Waals surface area contributed by atoms with Gasteiger partial charge in [-0.3, -0.25) is 0 Å². The van der Waals surface area contributed by atoms with Crippen molar-refractivity contribution in [3.05, 3.63) is 0 Å². The number of carbonyl (C=O) groups excluding carboxylic acids is 3. The molecule has 0 bridgehead atoms. The maximum Gasteiger partial charge on any atom is 0.407 e. The van der Waals surface area contributed by atoms with E-state index in [4.69, 9.17) is 4.74 Å². The summed E-state index contributed by atoms with van der Waals surface area (Å²) in [7, 11) is 3.73. The van der Waals surface area contributed by atoms with Crippen molar-refractivity contribution >= 4 is 18.0 Å². The van der Waals surface area contributed by atoms with E-state index >= 15 is 0 Å². The van der Waals surface area contributed by atoms with Crippen molar-refractivity contribution in [3.8, 4) is 0 Å². The average molecular weight is 289 g/mol. The molecule has 1 saturated heterocycles. The number of ether oxygens (including phenoxy) is 4. The minimum absolute atomic E-state index is 0.309. The predicted octanol–water partition coefficient (Wildman–Crippen LogP) is -0.00370. The van der Waals surface area contributed by atoms with Crippen molar-refractivity contribution in [1.82, 2.24) is 5.32 Å². The molecule has 20 heavy (non-hydrogen) atoms. The van der Waals surface area contributed by atoms with Gasteiger partial charge in [-0.15, -0.1) is 0 Å². The van der Waals surface area contributed by atoms with Gasteiger partial charge in [-0.2, -0.15) is 0 Å². The van der Waals surface area contributed by atoms with Crippen LogP contribution in [0.25, 0.3) is 0 Å². The van der Waals surface area contributed by atoms with E-state index in [1.165, 1.54) is 21.3 Å². The van der Waals surface area contributed by atoms with E-state index in [9.17, 15) is 14.4 Å². The topological polar surface area (TPSA) is 103 Å². The van der Waals surface area contributed by atoms with Gasteiger partial charge in [0.05, 0.1) is 27.9 Å². The quantitative estimate of drug-likeness (QED) is 0.399. The highest BCUT2D eigenvalue weighted by molar-refractivity contribution is 5.82. The van der Waals surface area contributed by atoms with Crippen LogP contribution in [0.4, 0.5) is 4.79 Å². The van der Waals surface area contributed by atoms with Crippen LogP contribution in [0.3, 0.4) is 0 Å². The van der Waals surface area contributed by atoms with Gasteiger partial charge in [-0.1, -0.05) is 0 Å². The first-order valence-corrected chi connectivity index (χ1v) is 6.13. The number of amides is 1. The zero-order chi connectivity index (χ0) is 15.2. The highest BCUT2D eigenvalue weighted by Crippen LogP contribution is 2.34. The van der Waals surface area contributed by atoms with Crippen molar-refractivity contribution < 1.29 is 33.3 Å². The Morgan fingerprint density at radius 2 is 1.85 bits per heavy atom. The largest absolute Gasteiger partial charge is 0.467 e. The minimum atomic E-state index is -0.888. The van der Waals surface area contributed by atoms with Gasteiger partial charge < -0.3 is 24.3 Å². The zero-order valence-corrected chi connectivity index (χ0v) is 11.8. The molecule has 0 aliphatic carbocycles. The molecule has 1 heterocycles. The molecular weight excluding hydrogens is 270 g/mol. The van der Waals surface area contributed by atoms with E-state index in [-0.39, 0.29) is 0 Å². The molecule has 2 unspecified atom stereocenters. The number of alkyl carbamates (subject to hydrolysis) is 1. The molecule has 1 amide bonds.